The molecule has 8 nitrogen and oxygen atoms in total. The quantitative estimate of drug-likeness (QED) is 0.620. The van der Waals surface area contributed by atoms with Gasteiger partial charge in [0.1, 0.15) is 0 Å². The fourth-order valence-electron chi connectivity index (χ4n) is 1.20. The number of imide groups is 1. The average molecular weight is 271 g/mol. The lowest BCUT2D eigenvalue weighted by Gasteiger charge is -2.04. The van der Waals surface area contributed by atoms with Crippen molar-refractivity contribution < 1.29 is 9.59 Å². The lowest BCUT2D eigenvalue weighted by molar-refractivity contribution is -0.117. The largest absolute Gasteiger partial charge is 0.343 e. The summed E-state index contributed by atoms with van der Waals surface area (Å²) in [4.78, 5) is 33.7. The molecule has 98 valence electrons. The first-order valence-electron chi connectivity index (χ1n) is 5.41. The number of amides is 3. The molecule has 2 rings (SSSR count). The molecular weight excluding hydrogens is 258 g/mol. The Balaban J connectivity index is 1.75. The first kappa shape index (κ1) is 12.7. The van der Waals surface area contributed by atoms with Crippen LogP contribution in [0.25, 0.3) is 0 Å². The third-order valence-corrected chi connectivity index (χ3v) is 3.37. The van der Waals surface area contributed by atoms with Crippen LogP contribution in [0, 0.1) is 0 Å². The summed E-state index contributed by atoms with van der Waals surface area (Å²) in [7, 11) is 1.55. The van der Waals surface area contributed by atoms with Crippen LogP contribution in [0.15, 0.2) is 9.95 Å². The molecule has 9 heteroatoms. The molecule has 1 fully saturated rings. The van der Waals surface area contributed by atoms with Crippen molar-refractivity contribution in [1.29, 1.82) is 0 Å². The minimum Gasteiger partial charge on any atom is -0.335 e. The molecule has 0 aliphatic heterocycles. The van der Waals surface area contributed by atoms with Gasteiger partial charge in [0.15, 0.2) is 5.16 Å². The van der Waals surface area contributed by atoms with Crippen LogP contribution in [0.5, 0.6) is 0 Å². The summed E-state index contributed by atoms with van der Waals surface area (Å²) in [6, 6.07) is -0.267. The van der Waals surface area contributed by atoms with Crippen LogP contribution in [0.2, 0.25) is 0 Å². The van der Waals surface area contributed by atoms with Gasteiger partial charge in [0, 0.05) is 13.1 Å². The van der Waals surface area contributed by atoms with E-state index in [0.29, 0.717) is 5.16 Å². The van der Waals surface area contributed by atoms with Crippen molar-refractivity contribution in [2.45, 2.75) is 24.0 Å². The van der Waals surface area contributed by atoms with Crippen LogP contribution in [0.3, 0.4) is 0 Å². The number of aromatic amines is 1. The molecule has 3 amide bonds. The van der Waals surface area contributed by atoms with Gasteiger partial charge < -0.3 is 5.32 Å². The fourth-order valence-corrected chi connectivity index (χ4v) is 1.92. The summed E-state index contributed by atoms with van der Waals surface area (Å²) >= 11 is 1.08. The summed E-state index contributed by atoms with van der Waals surface area (Å²) in [5.41, 5.74) is -0.343. The molecule has 1 saturated carbocycles. The Morgan fingerprint density at radius 2 is 2.28 bits per heavy atom. The zero-order valence-corrected chi connectivity index (χ0v) is 10.5. The van der Waals surface area contributed by atoms with Gasteiger partial charge in [-0.2, -0.15) is 0 Å². The SMILES string of the molecule is Cn1c(SCC(=O)NC(=O)NC2CC2)n[nH]c1=O. The Morgan fingerprint density at radius 3 is 2.83 bits per heavy atom. The van der Waals surface area contributed by atoms with Crippen LogP contribution in [0.4, 0.5) is 4.79 Å². The first-order valence-corrected chi connectivity index (χ1v) is 6.39. The number of nitrogens with one attached hydrogen (secondary N) is 3. The molecule has 0 saturated heterocycles. The molecule has 0 bridgehead atoms. The molecule has 0 radical (unpaired) electrons. The Hall–Kier alpha value is -1.77. The van der Waals surface area contributed by atoms with Gasteiger partial charge in [-0.1, -0.05) is 11.8 Å². The molecule has 1 aromatic rings. The minimum atomic E-state index is -0.473. The lowest BCUT2D eigenvalue weighted by Crippen LogP contribution is -2.41. The maximum atomic E-state index is 11.4. The highest BCUT2D eigenvalue weighted by atomic mass is 32.2. The van der Waals surface area contributed by atoms with E-state index >= 15 is 0 Å². The summed E-state index contributed by atoms with van der Waals surface area (Å²) in [6.07, 6.45) is 1.93. The zero-order chi connectivity index (χ0) is 13.1. The van der Waals surface area contributed by atoms with Crippen LogP contribution in [0.1, 0.15) is 12.8 Å². The van der Waals surface area contributed by atoms with Crippen LogP contribution >= 0.6 is 11.8 Å². The van der Waals surface area contributed by atoms with Gasteiger partial charge in [0.25, 0.3) is 0 Å². The number of carbonyl (C=O) groups excluding carboxylic acids is 2. The molecular formula is C9H13N5O3S. The molecule has 0 aromatic carbocycles. The number of aromatic nitrogens is 3. The number of hydrogen-bond donors (Lipinski definition) is 3. The molecule has 1 heterocycles. The second-order valence-corrected chi connectivity index (χ2v) is 4.90. The van der Waals surface area contributed by atoms with E-state index in [1.54, 1.807) is 7.05 Å². The summed E-state index contributed by atoms with van der Waals surface area (Å²) in [5.74, 6) is -0.399. The van der Waals surface area contributed by atoms with E-state index in [1.807, 2.05) is 0 Å². The second-order valence-electron chi connectivity index (χ2n) is 3.95. The highest BCUT2D eigenvalue weighted by molar-refractivity contribution is 7.99. The Labute approximate surface area is 107 Å². The van der Waals surface area contributed by atoms with Crippen LogP contribution in [-0.4, -0.2) is 38.5 Å². The van der Waals surface area contributed by atoms with E-state index in [0.717, 1.165) is 24.6 Å². The molecule has 0 spiro atoms. The third-order valence-electron chi connectivity index (χ3n) is 2.34. The summed E-state index contributed by atoms with van der Waals surface area (Å²) in [6.45, 7) is 0. The number of nitrogens with zero attached hydrogens (tertiary/aromatic N) is 2. The average Bonchev–Trinajstić information content (AvgIpc) is 3.05. The maximum Gasteiger partial charge on any atom is 0.343 e. The minimum absolute atomic E-state index is 0.0240. The van der Waals surface area contributed by atoms with Gasteiger partial charge >= 0.3 is 11.7 Å². The number of thioether (sulfide) groups is 1. The number of hydrogen-bond acceptors (Lipinski definition) is 5. The van der Waals surface area contributed by atoms with Crippen molar-refractivity contribution in [3.8, 4) is 0 Å². The zero-order valence-electron chi connectivity index (χ0n) is 9.73. The molecule has 3 N–H and O–H groups in total. The lowest BCUT2D eigenvalue weighted by atomic mass is 10.6. The Morgan fingerprint density at radius 1 is 1.56 bits per heavy atom. The van der Waals surface area contributed by atoms with Gasteiger partial charge in [-0.25, -0.2) is 14.7 Å². The van der Waals surface area contributed by atoms with Gasteiger partial charge in [-0.05, 0) is 12.8 Å². The van der Waals surface area contributed by atoms with E-state index in [1.165, 1.54) is 4.57 Å². The highest BCUT2D eigenvalue weighted by Gasteiger charge is 2.23. The fraction of sp³-hybridized carbons (Fsp3) is 0.556. The number of carbonyl (C=O) groups is 2. The topological polar surface area (TPSA) is 109 Å². The third kappa shape index (κ3) is 3.36. The molecule has 1 aliphatic carbocycles. The van der Waals surface area contributed by atoms with Gasteiger partial charge in [0.05, 0.1) is 5.75 Å². The number of H-pyrrole nitrogens is 1. The van der Waals surface area contributed by atoms with Crippen molar-refractivity contribution in [3.05, 3.63) is 10.5 Å². The van der Waals surface area contributed by atoms with Gasteiger partial charge in [-0.3, -0.25) is 14.7 Å². The van der Waals surface area contributed by atoms with Crippen LogP contribution < -0.4 is 16.3 Å². The molecule has 1 aliphatic rings. The van der Waals surface area contributed by atoms with Crippen molar-refractivity contribution in [2.75, 3.05) is 5.75 Å². The van der Waals surface area contributed by atoms with Crippen molar-refractivity contribution >= 4 is 23.7 Å². The Kier molecular flexibility index (Phi) is 3.70. The molecule has 0 unspecified atom stereocenters. The van der Waals surface area contributed by atoms with Crippen molar-refractivity contribution in [3.63, 3.8) is 0 Å². The predicted octanol–water partition coefficient (Wildman–Crippen LogP) is -0.811. The number of rotatable bonds is 4. The number of urea groups is 1. The van der Waals surface area contributed by atoms with E-state index in [-0.39, 0.29) is 17.5 Å². The summed E-state index contributed by atoms with van der Waals surface area (Å²) in [5, 5.41) is 11.2. The molecule has 18 heavy (non-hydrogen) atoms. The normalized spacial score (nSPS) is 14.3. The maximum absolute atomic E-state index is 11.4. The Bertz CT molecular complexity index is 519. The molecule has 1 aromatic heterocycles. The standard InChI is InChI=1S/C9H13N5O3S/c1-14-8(17)12-13-9(14)18-4-6(15)11-7(16)10-5-2-3-5/h5H,2-4H2,1H3,(H,12,17)(H2,10,11,15,16). The van der Waals surface area contributed by atoms with E-state index in [2.05, 4.69) is 20.8 Å². The summed E-state index contributed by atoms with van der Waals surface area (Å²) < 4.78 is 1.29. The van der Waals surface area contributed by atoms with E-state index in [4.69, 9.17) is 0 Å². The van der Waals surface area contributed by atoms with E-state index in [9.17, 15) is 14.4 Å². The van der Waals surface area contributed by atoms with E-state index < -0.39 is 11.9 Å². The predicted molar refractivity (Wildman–Crippen MR) is 64.2 cm³/mol. The first-order chi connectivity index (χ1) is 8.56. The van der Waals surface area contributed by atoms with Gasteiger partial charge in [-0.15, -0.1) is 5.10 Å². The van der Waals surface area contributed by atoms with Crippen molar-refractivity contribution in [2.24, 2.45) is 7.05 Å². The van der Waals surface area contributed by atoms with Gasteiger partial charge in [0.2, 0.25) is 5.91 Å². The van der Waals surface area contributed by atoms with Crippen LogP contribution in [-0.2, 0) is 11.8 Å². The van der Waals surface area contributed by atoms with Crippen molar-refractivity contribution in [1.82, 2.24) is 25.4 Å². The second kappa shape index (κ2) is 5.25. The smallest absolute Gasteiger partial charge is 0.335 e. The highest BCUT2D eigenvalue weighted by Crippen LogP contribution is 2.18. The molecule has 0 atom stereocenters. The monoisotopic (exact) mass is 271 g/mol.